The molecule has 5 nitrogen and oxygen atoms in total. The molecule has 0 aromatic heterocycles. The summed E-state index contributed by atoms with van der Waals surface area (Å²) in [4.78, 5) is 20.0. The number of carbonyl (C=O) groups excluding carboxylic acids is 1. The fourth-order valence-electron chi connectivity index (χ4n) is 5.16. The van der Waals surface area contributed by atoms with E-state index in [1.165, 1.54) is 6.42 Å². The molecule has 3 rings (SSSR count). The third-order valence-corrected chi connectivity index (χ3v) is 6.94. The number of para-hydroxylation sites is 1. The molecule has 196 valence electrons. The van der Waals surface area contributed by atoms with Crippen molar-refractivity contribution in [1.29, 1.82) is 0 Å². The molecule has 1 saturated carbocycles. The van der Waals surface area contributed by atoms with E-state index in [4.69, 9.17) is 9.47 Å². The first-order chi connectivity index (χ1) is 17.0. The van der Waals surface area contributed by atoms with Crippen LogP contribution in [0, 0.1) is 24.7 Å². The highest BCUT2D eigenvalue weighted by atomic mass is 16.5. The number of aliphatic imine (C=N–C) groups is 1. The van der Waals surface area contributed by atoms with E-state index in [0.29, 0.717) is 17.8 Å². The van der Waals surface area contributed by atoms with E-state index in [0.717, 1.165) is 41.2 Å². The van der Waals surface area contributed by atoms with Crippen LogP contribution >= 0.6 is 0 Å². The summed E-state index contributed by atoms with van der Waals surface area (Å²) < 4.78 is 12.2. The lowest BCUT2D eigenvalue weighted by Crippen LogP contribution is -2.41. The number of ether oxygens (including phenoxy) is 2. The van der Waals surface area contributed by atoms with Crippen molar-refractivity contribution >= 4 is 17.5 Å². The van der Waals surface area contributed by atoms with Gasteiger partial charge in [0.15, 0.2) is 0 Å². The lowest BCUT2D eigenvalue weighted by atomic mass is 9.75. The fourth-order valence-corrected chi connectivity index (χ4v) is 5.16. The van der Waals surface area contributed by atoms with Gasteiger partial charge in [-0.05, 0) is 94.2 Å². The van der Waals surface area contributed by atoms with Crippen LogP contribution in [0.25, 0.3) is 0 Å². The van der Waals surface area contributed by atoms with Crippen LogP contribution in [0.3, 0.4) is 0 Å². The minimum Gasteiger partial charge on any atom is -0.488 e. The van der Waals surface area contributed by atoms with Crippen LogP contribution < -0.4 is 9.64 Å². The number of esters is 1. The monoisotopic (exact) mass is 492 g/mol. The smallest absolute Gasteiger partial charge is 0.326 e. The molecule has 0 unspecified atom stereocenters. The zero-order valence-corrected chi connectivity index (χ0v) is 23.4. The molecule has 0 spiro atoms. The molecule has 1 fully saturated rings. The standard InChI is InChI=1S/C31H44N2O3/c1-21(2)26-18-13-22(3)19-28(26)35-29(34)20-33(27-12-10-9-11-23(27)4)30(32-8)24-14-16-25(17-15-24)36-31(5,6)7/h9-12,14-17,21-22,26,28H,13,18-20H2,1-8H3/b32-30+/t22-,26+,28-/m1/s1. The average Bonchev–Trinajstić information content (AvgIpc) is 2.79. The Morgan fingerprint density at radius 3 is 2.33 bits per heavy atom. The molecule has 0 N–H and O–H groups in total. The summed E-state index contributed by atoms with van der Waals surface area (Å²) in [5, 5.41) is 0. The third kappa shape index (κ3) is 7.35. The van der Waals surface area contributed by atoms with Crippen molar-refractivity contribution < 1.29 is 14.3 Å². The number of amidine groups is 1. The molecule has 1 aliphatic rings. The van der Waals surface area contributed by atoms with Gasteiger partial charge in [0, 0.05) is 18.3 Å². The van der Waals surface area contributed by atoms with Crippen LogP contribution in [-0.4, -0.2) is 37.1 Å². The lowest BCUT2D eigenvalue weighted by molar-refractivity contribution is -0.154. The Labute approximate surface area is 217 Å². The summed E-state index contributed by atoms with van der Waals surface area (Å²) in [5.74, 6) is 2.79. The SMILES string of the molecule is C/N=C(\c1ccc(OC(C)(C)C)cc1)N(CC(=O)O[C@@H]1C[C@H](C)CC[C@H]1C(C)C)c1ccccc1C. The number of rotatable bonds is 7. The first-order valence-electron chi connectivity index (χ1n) is 13.3. The Bertz CT molecular complexity index is 1040. The number of carbonyl (C=O) groups is 1. The van der Waals surface area contributed by atoms with Crippen molar-refractivity contribution in [2.24, 2.45) is 22.7 Å². The Morgan fingerprint density at radius 2 is 1.75 bits per heavy atom. The van der Waals surface area contributed by atoms with Crippen LogP contribution in [0.5, 0.6) is 5.75 Å². The second-order valence-corrected chi connectivity index (χ2v) is 11.5. The molecular formula is C31H44N2O3. The second kappa shape index (κ2) is 11.9. The summed E-state index contributed by atoms with van der Waals surface area (Å²) in [7, 11) is 1.77. The molecule has 5 heteroatoms. The van der Waals surface area contributed by atoms with Gasteiger partial charge in [0.1, 0.15) is 29.8 Å². The number of aryl methyl sites for hydroxylation is 1. The normalized spacial score (nSPS) is 20.8. The van der Waals surface area contributed by atoms with Gasteiger partial charge in [-0.2, -0.15) is 0 Å². The van der Waals surface area contributed by atoms with Crippen molar-refractivity contribution in [2.75, 3.05) is 18.5 Å². The molecule has 36 heavy (non-hydrogen) atoms. The minimum absolute atomic E-state index is 0.0317. The van der Waals surface area contributed by atoms with Crippen molar-refractivity contribution in [3.8, 4) is 5.75 Å². The molecule has 0 saturated heterocycles. The van der Waals surface area contributed by atoms with E-state index in [9.17, 15) is 4.79 Å². The fraction of sp³-hybridized carbons (Fsp3) is 0.548. The largest absolute Gasteiger partial charge is 0.488 e. The summed E-state index contributed by atoms with van der Waals surface area (Å²) in [6, 6.07) is 16.0. The predicted molar refractivity (Wildman–Crippen MR) is 149 cm³/mol. The lowest BCUT2D eigenvalue weighted by Gasteiger charge is -2.37. The van der Waals surface area contributed by atoms with Gasteiger partial charge >= 0.3 is 5.97 Å². The van der Waals surface area contributed by atoms with Gasteiger partial charge in [-0.25, -0.2) is 0 Å². The molecule has 1 aliphatic carbocycles. The van der Waals surface area contributed by atoms with E-state index in [2.05, 4.69) is 38.8 Å². The van der Waals surface area contributed by atoms with Crippen molar-refractivity contribution in [2.45, 2.75) is 79.4 Å². The Kier molecular flexibility index (Phi) is 9.21. The van der Waals surface area contributed by atoms with E-state index >= 15 is 0 Å². The van der Waals surface area contributed by atoms with E-state index in [-0.39, 0.29) is 24.2 Å². The van der Waals surface area contributed by atoms with Crippen molar-refractivity contribution in [3.63, 3.8) is 0 Å². The van der Waals surface area contributed by atoms with Gasteiger partial charge in [0.2, 0.25) is 0 Å². The molecule has 0 heterocycles. The van der Waals surface area contributed by atoms with E-state index in [1.54, 1.807) is 7.05 Å². The third-order valence-electron chi connectivity index (χ3n) is 6.94. The van der Waals surface area contributed by atoms with Gasteiger partial charge in [0.25, 0.3) is 0 Å². The molecule has 0 aliphatic heterocycles. The number of hydrogen-bond donors (Lipinski definition) is 0. The minimum atomic E-state index is -0.273. The highest BCUT2D eigenvalue weighted by Crippen LogP contribution is 2.35. The van der Waals surface area contributed by atoms with Crippen LogP contribution in [0.1, 0.15) is 71.9 Å². The zero-order valence-electron chi connectivity index (χ0n) is 23.4. The molecular weight excluding hydrogens is 448 g/mol. The Hall–Kier alpha value is -2.82. The van der Waals surface area contributed by atoms with Crippen molar-refractivity contribution in [3.05, 3.63) is 59.7 Å². The van der Waals surface area contributed by atoms with Gasteiger partial charge in [-0.15, -0.1) is 0 Å². The van der Waals surface area contributed by atoms with Crippen LogP contribution in [0.2, 0.25) is 0 Å². The topological polar surface area (TPSA) is 51.1 Å². The predicted octanol–water partition coefficient (Wildman–Crippen LogP) is 7.06. The summed E-state index contributed by atoms with van der Waals surface area (Å²) in [6.07, 6.45) is 3.22. The quantitative estimate of drug-likeness (QED) is 0.236. The number of benzene rings is 2. The van der Waals surface area contributed by atoms with Crippen LogP contribution in [0.4, 0.5) is 5.69 Å². The maximum atomic E-state index is 13.4. The van der Waals surface area contributed by atoms with Crippen molar-refractivity contribution in [1.82, 2.24) is 0 Å². The molecule has 0 amide bonds. The summed E-state index contributed by atoms with van der Waals surface area (Å²) in [5.41, 5.74) is 2.67. The highest BCUT2D eigenvalue weighted by Gasteiger charge is 2.34. The molecule has 2 aromatic rings. The number of anilines is 1. The maximum Gasteiger partial charge on any atom is 0.326 e. The Morgan fingerprint density at radius 1 is 1.08 bits per heavy atom. The van der Waals surface area contributed by atoms with Gasteiger partial charge in [-0.1, -0.05) is 45.4 Å². The number of hydrogen-bond acceptors (Lipinski definition) is 4. The van der Waals surface area contributed by atoms with Gasteiger partial charge in [0.05, 0.1) is 0 Å². The second-order valence-electron chi connectivity index (χ2n) is 11.5. The van der Waals surface area contributed by atoms with Crippen LogP contribution in [0.15, 0.2) is 53.5 Å². The summed E-state index contributed by atoms with van der Waals surface area (Å²) in [6.45, 7) is 15.0. The first-order valence-corrected chi connectivity index (χ1v) is 13.3. The van der Waals surface area contributed by atoms with E-state index in [1.807, 2.05) is 68.1 Å². The van der Waals surface area contributed by atoms with E-state index < -0.39 is 0 Å². The first kappa shape index (κ1) is 27.8. The molecule has 0 radical (unpaired) electrons. The van der Waals surface area contributed by atoms with Crippen LogP contribution in [-0.2, 0) is 9.53 Å². The maximum absolute atomic E-state index is 13.4. The van der Waals surface area contributed by atoms with Gasteiger partial charge < -0.3 is 14.4 Å². The average molecular weight is 493 g/mol. The molecule has 0 bridgehead atoms. The molecule has 2 aromatic carbocycles. The number of nitrogens with zero attached hydrogens (tertiary/aromatic N) is 2. The van der Waals surface area contributed by atoms with Gasteiger partial charge in [-0.3, -0.25) is 9.79 Å². The highest BCUT2D eigenvalue weighted by molar-refractivity contribution is 6.12. The molecule has 3 atom stereocenters. The zero-order chi connectivity index (χ0) is 26.5. The Balaban J connectivity index is 1.87. The summed E-state index contributed by atoms with van der Waals surface area (Å²) >= 11 is 0.